The van der Waals surface area contributed by atoms with Crippen molar-refractivity contribution in [2.45, 2.75) is 88.4 Å². The second-order valence-corrected chi connectivity index (χ2v) is 19.3. The smallest absolute Gasteiger partial charge is 0.335 e. The third-order valence-electron chi connectivity index (χ3n) is 11.3. The third kappa shape index (κ3) is 10.0. The Kier molecular flexibility index (Phi) is 13.8. The van der Waals surface area contributed by atoms with Gasteiger partial charge in [-0.2, -0.15) is 17.2 Å². The van der Waals surface area contributed by atoms with Crippen LogP contribution in [0.2, 0.25) is 0 Å². The minimum atomic E-state index is -4.04. The van der Waals surface area contributed by atoms with Crippen LogP contribution < -0.4 is 4.90 Å². The lowest BCUT2D eigenvalue weighted by molar-refractivity contribution is -0.438. The highest BCUT2D eigenvalue weighted by atomic mass is 32.2. The summed E-state index contributed by atoms with van der Waals surface area (Å²) in [6.45, 7) is 10.4. The fourth-order valence-corrected chi connectivity index (χ4v) is 10.3. The molecular weight excluding hydrogens is 793 g/mol. The van der Waals surface area contributed by atoms with Gasteiger partial charge < -0.3 is 10.0 Å². The van der Waals surface area contributed by atoms with E-state index in [4.69, 9.17) is 8.74 Å². The quantitative estimate of drug-likeness (QED) is 0.0520. The van der Waals surface area contributed by atoms with Gasteiger partial charge in [-0.05, 0) is 105 Å². The van der Waals surface area contributed by atoms with Crippen molar-refractivity contribution in [1.29, 1.82) is 0 Å². The van der Waals surface area contributed by atoms with Crippen LogP contribution in [0.5, 0.6) is 0 Å². The number of hydrogen-bond acceptors (Lipinski definition) is 7. The zero-order valence-corrected chi connectivity index (χ0v) is 36.0. The van der Waals surface area contributed by atoms with Crippen molar-refractivity contribution in [3.05, 3.63) is 136 Å². The van der Waals surface area contributed by atoms with Gasteiger partial charge in [-0.25, -0.2) is 4.79 Å². The number of aromatic carboxylic acids is 1. The Morgan fingerprint density at radius 1 is 0.897 bits per heavy atom. The van der Waals surface area contributed by atoms with Crippen molar-refractivity contribution < 1.29 is 40.4 Å². The molecule has 0 saturated heterocycles. The predicted molar refractivity (Wildman–Crippen MR) is 233 cm³/mol. The van der Waals surface area contributed by atoms with E-state index in [1.165, 1.54) is 22.3 Å². The summed E-state index contributed by atoms with van der Waals surface area (Å²) in [7, 11) is -4.04. The average Bonchev–Trinajstić information content (AvgIpc) is 3.53. The number of unbranched alkanes of at least 4 members (excludes halogenated alkanes) is 2. The van der Waals surface area contributed by atoms with E-state index in [-0.39, 0.29) is 28.8 Å². The minimum absolute atomic E-state index is 0.203. The summed E-state index contributed by atoms with van der Waals surface area (Å²) in [6.07, 6.45) is 14.0. The van der Waals surface area contributed by atoms with Crippen molar-refractivity contribution >= 4 is 56.3 Å². The summed E-state index contributed by atoms with van der Waals surface area (Å²) in [4.78, 5) is 16.0. The molecule has 0 bridgehead atoms. The molecule has 1 aliphatic carbocycles. The molecule has 3 N–H and O–H groups in total. The standard InChI is InChI=1S/C45H52N2O8S3/c1-44(2)36-16-5-7-18-38(36)46(28-9-11-30-55-57(50)51)40(44)26-22-32-14-13-15-33(42(32)56-35-24-20-34(21-25-35)43(48)49)23-27-41-45(3,4)37-17-6-8-19-39(37)47(41)29-10-12-31-58(52,53)54/h5-8,16-27H,9-15,28-31H2,1-4H3,(H2-,48,49,50,51,52,53,54)/p+1. The SMILES string of the molecule is CC1(C)C(=CC=C2CCCC(C=CC3=[N+](CCCCOS(=O)O)c4ccccc4C3(C)C)=C2Sc2ccc(C(=O)O)cc2)N(CCCCS(=O)(=O)O)c2ccccc21. The van der Waals surface area contributed by atoms with Crippen LogP contribution in [-0.4, -0.2) is 68.5 Å². The first-order valence-corrected chi connectivity index (χ1v) is 23.2. The average molecular weight is 846 g/mol. The highest BCUT2D eigenvalue weighted by molar-refractivity contribution is 8.03. The number of carbonyl (C=O) groups is 1. The Balaban J connectivity index is 1.40. The molecule has 10 nitrogen and oxygen atoms in total. The maximum Gasteiger partial charge on any atom is 0.335 e. The van der Waals surface area contributed by atoms with Crippen LogP contribution in [0.1, 0.15) is 94.1 Å². The van der Waals surface area contributed by atoms with E-state index in [0.717, 1.165) is 64.8 Å². The molecule has 13 heteroatoms. The second kappa shape index (κ2) is 18.4. The molecular formula is C45H53N2O8S3+. The number of nitrogens with zero attached hydrogens (tertiary/aromatic N) is 2. The second-order valence-electron chi connectivity index (χ2n) is 15.9. The van der Waals surface area contributed by atoms with Gasteiger partial charge in [0.15, 0.2) is 5.71 Å². The van der Waals surface area contributed by atoms with Gasteiger partial charge in [-0.3, -0.25) is 13.3 Å². The van der Waals surface area contributed by atoms with E-state index in [9.17, 15) is 27.1 Å². The maximum absolute atomic E-state index is 11.7. The molecule has 1 atom stereocenters. The fraction of sp³-hybridized carbons (Fsp3) is 0.378. The number of carboxylic acids is 1. The van der Waals surface area contributed by atoms with Crippen molar-refractivity contribution in [3.63, 3.8) is 0 Å². The molecule has 0 amide bonds. The van der Waals surface area contributed by atoms with Crippen LogP contribution in [0.4, 0.5) is 11.4 Å². The third-order valence-corrected chi connectivity index (χ3v) is 13.7. The number of carboxylic acid groups (broad SMARTS) is 1. The van der Waals surface area contributed by atoms with E-state index < -0.39 is 27.4 Å². The van der Waals surface area contributed by atoms with Gasteiger partial charge in [0, 0.05) is 57.3 Å². The van der Waals surface area contributed by atoms with Gasteiger partial charge in [-0.15, -0.1) is 0 Å². The molecule has 0 radical (unpaired) electrons. The lowest BCUT2D eigenvalue weighted by Gasteiger charge is -2.27. The number of fused-ring (bicyclic) bond motifs is 2. The van der Waals surface area contributed by atoms with Crippen molar-refractivity contribution in [1.82, 2.24) is 0 Å². The Morgan fingerprint density at radius 2 is 1.60 bits per heavy atom. The first-order valence-electron chi connectivity index (χ1n) is 19.7. The van der Waals surface area contributed by atoms with E-state index in [2.05, 4.69) is 97.9 Å². The lowest BCUT2D eigenvalue weighted by Crippen LogP contribution is -2.28. The summed E-state index contributed by atoms with van der Waals surface area (Å²) in [6, 6.07) is 23.8. The maximum atomic E-state index is 11.7. The molecule has 3 aromatic rings. The normalized spacial score (nSPS) is 19.4. The Morgan fingerprint density at radius 3 is 2.31 bits per heavy atom. The van der Waals surface area contributed by atoms with E-state index >= 15 is 0 Å². The summed E-state index contributed by atoms with van der Waals surface area (Å²) >= 11 is -0.635. The van der Waals surface area contributed by atoms with Crippen LogP contribution >= 0.6 is 11.8 Å². The van der Waals surface area contributed by atoms with Gasteiger partial charge in [0.25, 0.3) is 10.1 Å². The topological polar surface area (TPSA) is 144 Å². The number of hydrogen-bond donors (Lipinski definition) is 3. The first kappa shape index (κ1) is 43.5. The summed E-state index contributed by atoms with van der Waals surface area (Å²) in [5.41, 5.74) is 8.97. The van der Waals surface area contributed by atoms with E-state index in [1.807, 2.05) is 24.3 Å². The molecule has 0 fully saturated rings. The summed E-state index contributed by atoms with van der Waals surface area (Å²) in [5.74, 6) is -1.24. The van der Waals surface area contributed by atoms with Crippen molar-refractivity contribution in [2.24, 2.45) is 0 Å². The number of para-hydroxylation sites is 2. The van der Waals surface area contributed by atoms with Crippen LogP contribution in [0.25, 0.3) is 0 Å². The zero-order chi connectivity index (χ0) is 41.7. The van der Waals surface area contributed by atoms with Crippen molar-refractivity contribution in [3.8, 4) is 0 Å². The number of thioether (sulfide) groups is 1. The summed E-state index contributed by atoms with van der Waals surface area (Å²) in [5, 5.41) is 9.58. The fourth-order valence-electron chi connectivity index (χ4n) is 8.31. The number of allylic oxidation sites excluding steroid dienone is 7. The van der Waals surface area contributed by atoms with Crippen molar-refractivity contribution in [2.75, 3.05) is 30.3 Å². The largest absolute Gasteiger partial charge is 0.478 e. The van der Waals surface area contributed by atoms with Gasteiger partial charge in [0.1, 0.15) is 6.54 Å². The number of benzene rings is 3. The number of rotatable bonds is 17. The first-order chi connectivity index (χ1) is 27.6. The van der Waals surface area contributed by atoms with Gasteiger partial charge in [0.2, 0.25) is 5.69 Å². The molecule has 308 valence electrons. The van der Waals surface area contributed by atoms with E-state index in [1.54, 1.807) is 23.9 Å². The zero-order valence-electron chi connectivity index (χ0n) is 33.5. The van der Waals surface area contributed by atoms with Gasteiger partial charge in [-0.1, -0.05) is 74.2 Å². The molecule has 0 saturated carbocycles. The van der Waals surface area contributed by atoms with Crippen LogP contribution in [0, 0.1) is 0 Å². The van der Waals surface area contributed by atoms with Crippen LogP contribution in [0.15, 0.2) is 124 Å². The molecule has 0 spiro atoms. The Labute approximate surface area is 349 Å². The molecule has 3 aromatic carbocycles. The molecule has 6 rings (SSSR count). The predicted octanol–water partition coefficient (Wildman–Crippen LogP) is 9.76. The number of anilines is 1. The molecule has 58 heavy (non-hydrogen) atoms. The summed E-state index contributed by atoms with van der Waals surface area (Å²) < 4.78 is 59.6. The monoisotopic (exact) mass is 845 g/mol. The minimum Gasteiger partial charge on any atom is -0.478 e. The molecule has 1 unspecified atom stereocenters. The van der Waals surface area contributed by atoms with Crippen LogP contribution in [-0.2, 0) is 36.5 Å². The highest BCUT2D eigenvalue weighted by Gasteiger charge is 2.44. The lowest BCUT2D eigenvalue weighted by atomic mass is 9.81. The Hall–Kier alpha value is -4.11. The highest BCUT2D eigenvalue weighted by Crippen LogP contribution is 2.49. The van der Waals surface area contributed by atoms with Gasteiger partial charge in [0.05, 0.1) is 23.3 Å². The molecule has 2 heterocycles. The molecule has 3 aliphatic rings. The van der Waals surface area contributed by atoms with E-state index in [0.29, 0.717) is 25.8 Å². The van der Waals surface area contributed by atoms with Gasteiger partial charge >= 0.3 is 17.3 Å². The Bertz CT molecular complexity index is 2320. The van der Waals surface area contributed by atoms with Crippen LogP contribution in [0.3, 0.4) is 0 Å². The molecule has 0 aromatic heterocycles. The molecule has 2 aliphatic heterocycles.